The first-order valence-corrected chi connectivity index (χ1v) is 5.97. The molecule has 86 valence electrons. The summed E-state index contributed by atoms with van der Waals surface area (Å²) in [6.45, 7) is 5.34. The Morgan fingerprint density at radius 2 is 2.07 bits per heavy atom. The summed E-state index contributed by atoms with van der Waals surface area (Å²) in [4.78, 5) is 11.6. The van der Waals surface area contributed by atoms with Crippen molar-refractivity contribution in [2.75, 3.05) is 6.54 Å². The van der Waals surface area contributed by atoms with Gasteiger partial charge in [-0.25, -0.2) is 0 Å². The number of hydrogen-bond donors (Lipinski definition) is 2. The van der Waals surface area contributed by atoms with Crippen LogP contribution in [-0.2, 0) is 4.79 Å². The van der Waals surface area contributed by atoms with Crippen molar-refractivity contribution < 1.29 is 4.79 Å². The molecule has 3 N–H and O–H groups in total. The molecule has 0 spiro atoms. The molecule has 1 amide bonds. The van der Waals surface area contributed by atoms with Gasteiger partial charge in [0.2, 0.25) is 5.91 Å². The summed E-state index contributed by atoms with van der Waals surface area (Å²) >= 11 is 0. The van der Waals surface area contributed by atoms with E-state index < -0.39 is 0 Å². The molecule has 1 unspecified atom stereocenters. The van der Waals surface area contributed by atoms with Gasteiger partial charge in [0.15, 0.2) is 0 Å². The van der Waals surface area contributed by atoms with Crippen molar-refractivity contribution in [1.29, 1.82) is 0 Å². The average Bonchev–Trinajstić information content (AvgIpc) is 2.68. The Kier molecular flexibility index (Phi) is 2.53. The number of nitrogens with two attached hydrogens (primary N) is 1. The average molecular weight is 210 g/mol. The Bertz CT molecular complexity index is 269. The monoisotopic (exact) mass is 210 g/mol. The lowest BCUT2D eigenvalue weighted by Crippen LogP contribution is -2.50. The van der Waals surface area contributed by atoms with Gasteiger partial charge in [-0.15, -0.1) is 0 Å². The quantitative estimate of drug-likeness (QED) is 0.737. The highest BCUT2D eigenvalue weighted by molar-refractivity contribution is 5.77. The summed E-state index contributed by atoms with van der Waals surface area (Å²) < 4.78 is 0. The second-order valence-corrected chi connectivity index (χ2v) is 6.09. The molecule has 2 rings (SSSR count). The molecule has 1 atom stereocenters. The number of nitrogens with one attached hydrogen (secondary N) is 1. The highest BCUT2D eigenvalue weighted by atomic mass is 16.1. The third-order valence-electron chi connectivity index (χ3n) is 4.13. The summed E-state index contributed by atoms with van der Waals surface area (Å²) in [7, 11) is 0. The minimum Gasteiger partial charge on any atom is -0.356 e. The third kappa shape index (κ3) is 2.51. The highest BCUT2D eigenvalue weighted by Gasteiger charge is 2.45. The lowest BCUT2D eigenvalue weighted by Gasteiger charge is -2.37. The van der Waals surface area contributed by atoms with Crippen molar-refractivity contribution in [3.05, 3.63) is 0 Å². The molecule has 0 aromatic carbocycles. The molecule has 15 heavy (non-hydrogen) atoms. The first kappa shape index (κ1) is 10.9. The number of amides is 1. The van der Waals surface area contributed by atoms with E-state index in [2.05, 4.69) is 19.2 Å². The van der Waals surface area contributed by atoms with Crippen molar-refractivity contribution >= 4 is 5.91 Å². The molecule has 0 bridgehead atoms. The van der Waals surface area contributed by atoms with Crippen LogP contribution in [0.2, 0.25) is 0 Å². The van der Waals surface area contributed by atoms with Crippen LogP contribution >= 0.6 is 0 Å². The summed E-state index contributed by atoms with van der Waals surface area (Å²) in [5.74, 6) is 0.816. The Balaban J connectivity index is 1.65. The fraction of sp³-hybridized carbons (Fsp3) is 0.917. The van der Waals surface area contributed by atoms with Crippen LogP contribution in [0.5, 0.6) is 0 Å². The molecular weight excluding hydrogens is 188 g/mol. The van der Waals surface area contributed by atoms with Crippen LogP contribution in [0.3, 0.4) is 0 Å². The molecule has 2 saturated carbocycles. The molecule has 0 aromatic rings. The maximum Gasteiger partial charge on any atom is 0.221 e. The topological polar surface area (TPSA) is 55.1 Å². The largest absolute Gasteiger partial charge is 0.356 e. The van der Waals surface area contributed by atoms with Crippen LogP contribution in [0.4, 0.5) is 0 Å². The van der Waals surface area contributed by atoms with E-state index in [4.69, 9.17) is 5.73 Å². The number of rotatable bonds is 4. The number of carbonyl (C=O) groups excluding carboxylic acids is 1. The molecule has 0 aliphatic heterocycles. The molecule has 2 aliphatic rings. The Labute approximate surface area is 91.8 Å². The molecule has 0 saturated heterocycles. The standard InChI is InChI=1S/C12H22N2O/c1-11(2)6-9(11)8-14-10(15)7-12(13)4-3-5-12/h9H,3-8,13H2,1-2H3,(H,14,15). The van der Waals surface area contributed by atoms with E-state index >= 15 is 0 Å². The Morgan fingerprint density at radius 1 is 1.47 bits per heavy atom. The lowest BCUT2D eigenvalue weighted by atomic mass is 9.75. The van der Waals surface area contributed by atoms with Crippen molar-refractivity contribution in [3.8, 4) is 0 Å². The first-order valence-electron chi connectivity index (χ1n) is 5.97. The van der Waals surface area contributed by atoms with Crippen LogP contribution in [0.15, 0.2) is 0 Å². The van der Waals surface area contributed by atoms with Crippen molar-refractivity contribution in [3.63, 3.8) is 0 Å². The smallest absolute Gasteiger partial charge is 0.221 e. The van der Waals surface area contributed by atoms with E-state index in [0.717, 1.165) is 19.4 Å². The zero-order valence-electron chi connectivity index (χ0n) is 9.81. The zero-order valence-corrected chi connectivity index (χ0v) is 9.81. The van der Waals surface area contributed by atoms with Crippen molar-refractivity contribution in [2.24, 2.45) is 17.1 Å². The van der Waals surface area contributed by atoms with Crippen LogP contribution in [0, 0.1) is 11.3 Å². The van der Waals surface area contributed by atoms with Crippen LogP contribution in [0.1, 0.15) is 46.0 Å². The first-order chi connectivity index (χ1) is 6.91. The second-order valence-electron chi connectivity index (χ2n) is 6.09. The minimum absolute atomic E-state index is 0.139. The molecule has 2 fully saturated rings. The van der Waals surface area contributed by atoms with E-state index in [0.29, 0.717) is 17.8 Å². The predicted molar refractivity (Wildman–Crippen MR) is 60.3 cm³/mol. The highest BCUT2D eigenvalue weighted by Crippen LogP contribution is 2.51. The van der Waals surface area contributed by atoms with Gasteiger partial charge in [-0.1, -0.05) is 13.8 Å². The lowest BCUT2D eigenvalue weighted by molar-refractivity contribution is -0.123. The maximum absolute atomic E-state index is 11.6. The van der Waals surface area contributed by atoms with Gasteiger partial charge in [0.1, 0.15) is 0 Å². The molecular formula is C12H22N2O. The summed E-state index contributed by atoms with van der Waals surface area (Å²) in [5.41, 5.74) is 6.29. The van der Waals surface area contributed by atoms with Gasteiger partial charge < -0.3 is 11.1 Å². The SMILES string of the molecule is CC1(C)CC1CNC(=O)CC1(N)CCC1. The van der Waals surface area contributed by atoms with Gasteiger partial charge in [-0.2, -0.15) is 0 Å². The fourth-order valence-electron chi connectivity index (χ4n) is 2.35. The van der Waals surface area contributed by atoms with Gasteiger partial charge in [0.05, 0.1) is 0 Å². The predicted octanol–water partition coefficient (Wildman–Crippen LogP) is 1.42. The fourth-order valence-corrected chi connectivity index (χ4v) is 2.35. The van der Waals surface area contributed by atoms with Gasteiger partial charge >= 0.3 is 0 Å². The normalized spacial score (nSPS) is 30.5. The molecule has 2 aliphatic carbocycles. The van der Waals surface area contributed by atoms with E-state index in [9.17, 15) is 4.79 Å². The summed E-state index contributed by atoms with van der Waals surface area (Å²) in [6.07, 6.45) is 4.95. The maximum atomic E-state index is 11.6. The van der Waals surface area contributed by atoms with Crippen molar-refractivity contribution in [1.82, 2.24) is 5.32 Å². The molecule has 3 nitrogen and oxygen atoms in total. The van der Waals surface area contributed by atoms with Crippen LogP contribution in [0.25, 0.3) is 0 Å². The van der Waals surface area contributed by atoms with Gasteiger partial charge in [-0.05, 0) is 37.0 Å². The van der Waals surface area contributed by atoms with Crippen LogP contribution in [-0.4, -0.2) is 18.0 Å². The van der Waals surface area contributed by atoms with Crippen LogP contribution < -0.4 is 11.1 Å². The zero-order chi connectivity index (χ0) is 11.1. The van der Waals surface area contributed by atoms with Gasteiger partial charge in [0, 0.05) is 18.5 Å². The Hall–Kier alpha value is -0.570. The molecule has 3 heteroatoms. The molecule has 0 heterocycles. The van der Waals surface area contributed by atoms with E-state index in [-0.39, 0.29) is 11.4 Å². The number of hydrogen-bond acceptors (Lipinski definition) is 2. The van der Waals surface area contributed by atoms with E-state index in [1.807, 2.05) is 0 Å². The van der Waals surface area contributed by atoms with Gasteiger partial charge in [-0.3, -0.25) is 4.79 Å². The Morgan fingerprint density at radius 3 is 2.47 bits per heavy atom. The summed E-state index contributed by atoms with van der Waals surface area (Å²) in [5, 5.41) is 3.01. The van der Waals surface area contributed by atoms with Gasteiger partial charge in [0.25, 0.3) is 0 Å². The number of carbonyl (C=O) groups is 1. The van der Waals surface area contributed by atoms with Crippen molar-refractivity contribution in [2.45, 2.75) is 51.5 Å². The molecule has 0 aromatic heterocycles. The second kappa shape index (κ2) is 3.48. The van der Waals surface area contributed by atoms with E-state index in [1.54, 1.807) is 0 Å². The molecule has 0 radical (unpaired) electrons. The summed E-state index contributed by atoms with van der Waals surface area (Å²) in [6, 6.07) is 0. The third-order valence-corrected chi connectivity index (χ3v) is 4.13. The van der Waals surface area contributed by atoms with E-state index in [1.165, 1.54) is 12.8 Å². The minimum atomic E-state index is -0.177.